The van der Waals surface area contributed by atoms with Gasteiger partial charge in [-0.05, 0) is 6.07 Å². The van der Waals surface area contributed by atoms with Crippen molar-refractivity contribution in [2.24, 2.45) is 0 Å². The van der Waals surface area contributed by atoms with Crippen molar-refractivity contribution in [1.29, 1.82) is 0 Å². The number of hydrogen-bond acceptors (Lipinski definition) is 4. The third kappa shape index (κ3) is 3.12. The number of carbonyl (C=O) groups excluding carboxylic acids is 1. The number of aromatic nitrogens is 1. The summed E-state index contributed by atoms with van der Waals surface area (Å²) >= 11 is 0. The first-order chi connectivity index (χ1) is 6.94. The number of halogens is 3. The highest BCUT2D eigenvalue weighted by atomic mass is 19.4. The molecule has 0 saturated carbocycles. The molecule has 0 aliphatic carbocycles. The zero-order valence-electron chi connectivity index (χ0n) is 7.54. The minimum absolute atomic E-state index is 0.377. The lowest BCUT2D eigenvalue weighted by Gasteiger charge is -2.10. The average Bonchev–Trinajstić information content (AvgIpc) is 2.15. The fraction of sp³-hybridized carbons (Fsp3) is 0.250. The van der Waals surface area contributed by atoms with Crippen LogP contribution in [0.15, 0.2) is 18.5 Å². The first-order valence-electron chi connectivity index (χ1n) is 3.72. The fourth-order valence-corrected chi connectivity index (χ4v) is 0.859. The van der Waals surface area contributed by atoms with E-state index < -0.39 is 18.1 Å². The maximum atomic E-state index is 11.9. The van der Waals surface area contributed by atoms with E-state index in [-0.39, 0.29) is 5.56 Å². The van der Waals surface area contributed by atoms with E-state index in [9.17, 15) is 18.0 Å². The molecule has 4 nitrogen and oxygen atoms in total. The third-order valence-electron chi connectivity index (χ3n) is 1.41. The minimum atomic E-state index is -4.86. The summed E-state index contributed by atoms with van der Waals surface area (Å²) in [5.74, 6) is -1.58. The Bertz CT molecular complexity index is 364. The van der Waals surface area contributed by atoms with Gasteiger partial charge in [0.05, 0.1) is 7.11 Å². The largest absolute Gasteiger partial charge is 0.573 e. The Morgan fingerprint density at radius 3 is 2.67 bits per heavy atom. The van der Waals surface area contributed by atoms with Crippen molar-refractivity contribution in [2.75, 3.05) is 7.11 Å². The molecule has 0 amide bonds. The molecule has 0 aromatic carbocycles. The topological polar surface area (TPSA) is 48.4 Å². The fourth-order valence-electron chi connectivity index (χ4n) is 0.859. The van der Waals surface area contributed by atoms with Crippen molar-refractivity contribution < 1.29 is 27.4 Å². The van der Waals surface area contributed by atoms with Crippen LogP contribution in [0.2, 0.25) is 0 Å². The van der Waals surface area contributed by atoms with Gasteiger partial charge in [0.25, 0.3) is 0 Å². The van der Waals surface area contributed by atoms with Crippen LogP contribution in [0, 0.1) is 0 Å². The molecular formula is C8H6F3NO3. The number of hydrogen-bond donors (Lipinski definition) is 0. The predicted octanol–water partition coefficient (Wildman–Crippen LogP) is 1.77. The average molecular weight is 221 g/mol. The summed E-state index contributed by atoms with van der Waals surface area (Å²) in [5.41, 5.74) is -0.377. The van der Waals surface area contributed by atoms with Gasteiger partial charge in [0.2, 0.25) is 0 Å². The van der Waals surface area contributed by atoms with E-state index in [1.165, 1.54) is 0 Å². The molecule has 7 heteroatoms. The molecule has 1 aromatic heterocycles. The number of ether oxygens (including phenoxy) is 2. The Balaban J connectivity index is 3.02. The Kier molecular flexibility index (Phi) is 3.13. The van der Waals surface area contributed by atoms with Gasteiger partial charge < -0.3 is 9.47 Å². The van der Waals surface area contributed by atoms with Gasteiger partial charge >= 0.3 is 12.3 Å². The summed E-state index contributed by atoms with van der Waals surface area (Å²) in [6.45, 7) is 0. The molecule has 0 saturated heterocycles. The lowest BCUT2D eigenvalue weighted by Crippen LogP contribution is -2.19. The normalized spacial score (nSPS) is 10.9. The van der Waals surface area contributed by atoms with Gasteiger partial charge in [0, 0.05) is 12.4 Å². The van der Waals surface area contributed by atoms with E-state index in [4.69, 9.17) is 0 Å². The Morgan fingerprint density at radius 1 is 1.47 bits per heavy atom. The van der Waals surface area contributed by atoms with Crippen LogP contribution in [0.3, 0.4) is 0 Å². The number of methoxy groups -OCH3 is 1. The van der Waals surface area contributed by atoms with Crippen molar-refractivity contribution in [3.63, 3.8) is 0 Å². The standard InChI is InChI=1S/C8H6F3NO3/c1-14-7(13)5-4-12-3-2-6(5)15-8(9,10)11/h2-4H,1H3. The minimum Gasteiger partial charge on any atom is -0.465 e. The van der Waals surface area contributed by atoms with Crippen LogP contribution in [0.5, 0.6) is 5.75 Å². The van der Waals surface area contributed by atoms with Crippen LogP contribution in [0.1, 0.15) is 10.4 Å². The number of carbonyl (C=O) groups is 1. The maximum Gasteiger partial charge on any atom is 0.573 e. The first-order valence-corrected chi connectivity index (χ1v) is 3.72. The zero-order valence-corrected chi connectivity index (χ0v) is 7.54. The molecular weight excluding hydrogens is 215 g/mol. The number of nitrogens with zero attached hydrogens (tertiary/aromatic N) is 1. The molecule has 0 spiro atoms. The third-order valence-corrected chi connectivity index (χ3v) is 1.41. The molecule has 1 heterocycles. The number of rotatable bonds is 2. The summed E-state index contributed by atoms with van der Waals surface area (Å²) in [4.78, 5) is 14.5. The Hall–Kier alpha value is -1.79. The van der Waals surface area contributed by atoms with Crippen LogP contribution in [-0.2, 0) is 4.74 Å². The van der Waals surface area contributed by atoms with Crippen LogP contribution in [0.4, 0.5) is 13.2 Å². The van der Waals surface area contributed by atoms with Gasteiger partial charge in [-0.3, -0.25) is 4.98 Å². The highest BCUT2D eigenvalue weighted by Crippen LogP contribution is 2.25. The van der Waals surface area contributed by atoms with Crippen LogP contribution in [0.25, 0.3) is 0 Å². The lowest BCUT2D eigenvalue weighted by molar-refractivity contribution is -0.274. The monoisotopic (exact) mass is 221 g/mol. The summed E-state index contributed by atoms with van der Waals surface area (Å²) in [7, 11) is 1.05. The smallest absolute Gasteiger partial charge is 0.465 e. The molecule has 1 rings (SSSR count). The Labute approximate surface area is 82.6 Å². The highest BCUT2D eigenvalue weighted by Gasteiger charge is 2.33. The van der Waals surface area contributed by atoms with E-state index in [0.29, 0.717) is 0 Å². The van der Waals surface area contributed by atoms with Crippen molar-refractivity contribution >= 4 is 5.97 Å². The van der Waals surface area contributed by atoms with Gasteiger partial charge in [-0.25, -0.2) is 4.79 Å². The van der Waals surface area contributed by atoms with E-state index in [2.05, 4.69) is 14.5 Å². The summed E-state index contributed by atoms with van der Waals surface area (Å²) in [6, 6.07) is 0.930. The second kappa shape index (κ2) is 4.16. The number of alkyl halides is 3. The molecule has 1 aromatic rings. The quantitative estimate of drug-likeness (QED) is 0.714. The summed E-state index contributed by atoms with van der Waals surface area (Å²) in [5, 5.41) is 0. The van der Waals surface area contributed by atoms with E-state index in [1.54, 1.807) is 0 Å². The molecule has 0 N–H and O–H groups in total. The second-order valence-electron chi connectivity index (χ2n) is 2.41. The first kappa shape index (κ1) is 11.3. The van der Waals surface area contributed by atoms with E-state index in [0.717, 1.165) is 25.6 Å². The lowest BCUT2D eigenvalue weighted by atomic mass is 10.2. The van der Waals surface area contributed by atoms with Crippen molar-refractivity contribution in [3.8, 4) is 5.75 Å². The van der Waals surface area contributed by atoms with Gasteiger partial charge in [0.1, 0.15) is 11.3 Å². The molecule has 15 heavy (non-hydrogen) atoms. The van der Waals surface area contributed by atoms with Crippen molar-refractivity contribution in [3.05, 3.63) is 24.0 Å². The predicted molar refractivity (Wildman–Crippen MR) is 42.3 cm³/mol. The van der Waals surface area contributed by atoms with Gasteiger partial charge in [-0.15, -0.1) is 13.2 Å². The molecule has 0 radical (unpaired) electrons. The van der Waals surface area contributed by atoms with Gasteiger partial charge in [-0.2, -0.15) is 0 Å². The number of esters is 1. The SMILES string of the molecule is COC(=O)c1cnccc1OC(F)(F)F. The molecule has 0 unspecified atom stereocenters. The van der Waals surface area contributed by atoms with Crippen LogP contribution < -0.4 is 4.74 Å². The molecule has 0 aliphatic heterocycles. The highest BCUT2D eigenvalue weighted by molar-refractivity contribution is 5.91. The van der Waals surface area contributed by atoms with Crippen LogP contribution >= 0.6 is 0 Å². The van der Waals surface area contributed by atoms with Crippen molar-refractivity contribution in [2.45, 2.75) is 6.36 Å². The van der Waals surface area contributed by atoms with Gasteiger partial charge in [0.15, 0.2) is 0 Å². The van der Waals surface area contributed by atoms with Gasteiger partial charge in [-0.1, -0.05) is 0 Å². The van der Waals surface area contributed by atoms with E-state index >= 15 is 0 Å². The zero-order chi connectivity index (χ0) is 11.5. The molecule has 0 fully saturated rings. The second-order valence-corrected chi connectivity index (χ2v) is 2.41. The summed E-state index contributed by atoms with van der Waals surface area (Å²) < 4.78 is 43.6. The van der Waals surface area contributed by atoms with E-state index in [1.807, 2.05) is 0 Å². The molecule has 0 atom stereocenters. The molecule has 0 aliphatic rings. The van der Waals surface area contributed by atoms with Crippen LogP contribution in [-0.4, -0.2) is 24.4 Å². The Morgan fingerprint density at radius 2 is 2.13 bits per heavy atom. The molecule has 0 bridgehead atoms. The molecule has 82 valence electrons. The van der Waals surface area contributed by atoms with Crippen molar-refractivity contribution in [1.82, 2.24) is 4.98 Å². The maximum absolute atomic E-state index is 11.9. The summed E-state index contributed by atoms with van der Waals surface area (Å²) in [6.07, 6.45) is -2.84. The number of pyridine rings is 1.